The molecular weight excluding hydrogens is 468 g/mol. The molecule has 0 saturated carbocycles. The van der Waals surface area contributed by atoms with Crippen LogP contribution in [0.1, 0.15) is 37.4 Å². The van der Waals surface area contributed by atoms with Gasteiger partial charge in [0.05, 0.1) is 43.9 Å². The van der Waals surface area contributed by atoms with Crippen LogP contribution in [0.2, 0.25) is 0 Å². The van der Waals surface area contributed by atoms with E-state index < -0.39 is 12.0 Å². The Kier molecular flexibility index (Phi) is 7.35. The number of aliphatic imine (C=N–C) groups is 1. The van der Waals surface area contributed by atoms with Crippen LogP contribution in [0, 0.1) is 0 Å². The van der Waals surface area contributed by atoms with Crippen LogP contribution in [0.15, 0.2) is 58.7 Å². The van der Waals surface area contributed by atoms with Crippen molar-refractivity contribution in [3.05, 3.63) is 64.9 Å². The lowest BCUT2D eigenvalue weighted by atomic mass is 9.93. The molecule has 2 aromatic carbocycles. The van der Waals surface area contributed by atoms with Gasteiger partial charge in [-0.2, -0.15) is 0 Å². The molecule has 1 amide bonds. The minimum absolute atomic E-state index is 0.101. The minimum Gasteiger partial charge on any atom is -0.493 e. The van der Waals surface area contributed by atoms with Gasteiger partial charge in [0.25, 0.3) is 0 Å². The first-order valence-corrected chi connectivity index (χ1v) is 12.1. The molecule has 2 aromatic rings. The number of benzene rings is 2. The lowest BCUT2D eigenvalue weighted by Gasteiger charge is -2.33. The third-order valence-electron chi connectivity index (χ3n) is 5.96. The summed E-state index contributed by atoms with van der Waals surface area (Å²) in [5.41, 5.74) is 2.29. The average Bonchev–Trinajstić information content (AvgIpc) is 3.20. The van der Waals surface area contributed by atoms with Crippen LogP contribution in [0.3, 0.4) is 0 Å². The molecule has 0 radical (unpaired) electrons. The maximum atomic E-state index is 13.5. The number of allylic oxidation sites excluding steroid dienone is 1. The zero-order valence-corrected chi connectivity index (χ0v) is 21.2. The van der Waals surface area contributed by atoms with E-state index in [0.717, 1.165) is 5.56 Å². The van der Waals surface area contributed by atoms with Gasteiger partial charge in [0.15, 0.2) is 16.7 Å². The molecule has 8 nitrogen and oxygen atoms in total. The van der Waals surface area contributed by atoms with E-state index in [2.05, 4.69) is 4.99 Å². The van der Waals surface area contributed by atoms with Crippen LogP contribution in [0.5, 0.6) is 17.2 Å². The maximum Gasteiger partial charge on any atom is 0.338 e. The minimum atomic E-state index is -0.754. The Morgan fingerprint density at radius 2 is 1.71 bits per heavy atom. The predicted octanol–water partition coefficient (Wildman–Crippen LogP) is 4.49. The molecule has 2 unspecified atom stereocenters. The molecule has 0 N–H and O–H groups in total. The van der Waals surface area contributed by atoms with Crippen LogP contribution >= 0.6 is 11.8 Å². The van der Waals surface area contributed by atoms with Gasteiger partial charge in [-0.05, 0) is 36.6 Å². The van der Waals surface area contributed by atoms with E-state index in [4.69, 9.17) is 18.9 Å². The third-order valence-corrected chi connectivity index (χ3v) is 7.28. The van der Waals surface area contributed by atoms with Crippen molar-refractivity contribution >= 4 is 28.8 Å². The molecule has 1 fully saturated rings. The fraction of sp³-hybridized carbons (Fsp3) is 0.346. The fourth-order valence-electron chi connectivity index (χ4n) is 4.23. The number of carbonyl (C=O) groups excluding carboxylic acids is 2. The largest absolute Gasteiger partial charge is 0.493 e. The topological polar surface area (TPSA) is 86.7 Å². The van der Waals surface area contributed by atoms with E-state index in [0.29, 0.717) is 45.7 Å². The van der Waals surface area contributed by atoms with Crippen LogP contribution in [0.25, 0.3) is 0 Å². The highest BCUT2D eigenvalue weighted by Crippen LogP contribution is 2.47. The molecule has 184 valence electrons. The molecule has 9 heteroatoms. The summed E-state index contributed by atoms with van der Waals surface area (Å²) in [6.07, 6.45) is 0.647. The van der Waals surface area contributed by atoms with Gasteiger partial charge < -0.3 is 18.9 Å². The Hall–Kier alpha value is -3.46. The second-order valence-corrected chi connectivity index (χ2v) is 9.21. The van der Waals surface area contributed by atoms with Crippen molar-refractivity contribution in [1.82, 2.24) is 4.90 Å². The third kappa shape index (κ3) is 4.60. The van der Waals surface area contributed by atoms with Crippen LogP contribution in [-0.4, -0.2) is 48.5 Å². The number of thioether (sulfide) groups is 1. The summed E-state index contributed by atoms with van der Waals surface area (Å²) in [6, 6.07) is 12.2. The predicted molar refractivity (Wildman–Crippen MR) is 134 cm³/mol. The average molecular weight is 497 g/mol. The van der Waals surface area contributed by atoms with Crippen molar-refractivity contribution in [2.45, 2.75) is 38.2 Å². The number of hydrogen-bond acceptors (Lipinski definition) is 8. The molecule has 4 rings (SSSR count). The first kappa shape index (κ1) is 24.7. The lowest BCUT2D eigenvalue weighted by Crippen LogP contribution is -2.40. The van der Waals surface area contributed by atoms with Crippen LogP contribution in [0.4, 0.5) is 0 Å². The number of esters is 1. The van der Waals surface area contributed by atoms with Gasteiger partial charge in [0.2, 0.25) is 11.7 Å². The zero-order chi connectivity index (χ0) is 25.1. The van der Waals surface area contributed by atoms with Crippen molar-refractivity contribution in [2.75, 3.05) is 21.3 Å². The molecule has 0 spiro atoms. The summed E-state index contributed by atoms with van der Waals surface area (Å²) >= 11 is 1.41. The second kappa shape index (κ2) is 10.4. The number of amidine groups is 1. The second-order valence-electron chi connectivity index (χ2n) is 8.04. The maximum absolute atomic E-state index is 13.5. The number of fused-ring (bicyclic) bond motifs is 1. The number of hydrogen-bond donors (Lipinski definition) is 0. The molecule has 1 saturated heterocycles. The Balaban J connectivity index is 1.81. The van der Waals surface area contributed by atoms with E-state index in [1.165, 1.54) is 33.1 Å². The first-order valence-electron chi connectivity index (χ1n) is 11.2. The quantitative estimate of drug-likeness (QED) is 0.498. The summed E-state index contributed by atoms with van der Waals surface area (Å²) < 4.78 is 22.2. The Morgan fingerprint density at radius 3 is 2.29 bits per heavy atom. The zero-order valence-electron chi connectivity index (χ0n) is 20.4. The SMILES string of the molecule is CCC1SC2=NC(C)=C(C(=O)OCc3ccccc3)C(c3cc(OC)c(OC)c(OC)c3)N2C1=O. The highest BCUT2D eigenvalue weighted by atomic mass is 32.2. The summed E-state index contributed by atoms with van der Waals surface area (Å²) in [4.78, 5) is 33.1. The summed E-state index contributed by atoms with van der Waals surface area (Å²) in [5.74, 6) is 0.631. The Bertz CT molecular complexity index is 1170. The van der Waals surface area contributed by atoms with Crippen LogP contribution in [-0.2, 0) is 20.9 Å². The molecule has 2 aliphatic rings. The highest BCUT2D eigenvalue weighted by Gasteiger charge is 2.47. The molecule has 2 atom stereocenters. The highest BCUT2D eigenvalue weighted by molar-refractivity contribution is 8.15. The Labute approximate surface area is 208 Å². The number of nitrogens with zero attached hydrogens (tertiary/aromatic N) is 2. The van der Waals surface area contributed by atoms with E-state index in [1.54, 1.807) is 24.0 Å². The van der Waals surface area contributed by atoms with Crippen molar-refractivity contribution in [2.24, 2.45) is 4.99 Å². The standard InChI is InChI=1S/C26H28N2O6S/c1-6-20-24(29)28-22(17-12-18(31-3)23(33-5)19(13-17)32-4)21(15(2)27-26(28)35-20)25(30)34-14-16-10-8-7-9-11-16/h7-13,20,22H,6,14H2,1-5H3. The van der Waals surface area contributed by atoms with Crippen molar-refractivity contribution in [3.63, 3.8) is 0 Å². The fourth-order valence-corrected chi connectivity index (χ4v) is 5.36. The van der Waals surface area contributed by atoms with Gasteiger partial charge in [-0.1, -0.05) is 49.0 Å². The monoisotopic (exact) mass is 496 g/mol. The summed E-state index contributed by atoms with van der Waals surface area (Å²) in [6.45, 7) is 3.83. The molecule has 2 heterocycles. The van der Waals surface area contributed by atoms with E-state index in [9.17, 15) is 9.59 Å². The number of rotatable bonds is 8. The molecule has 0 aliphatic carbocycles. The van der Waals surface area contributed by atoms with Crippen LogP contribution < -0.4 is 14.2 Å². The van der Waals surface area contributed by atoms with Gasteiger partial charge in [-0.25, -0.2) is 9.79 Å². The lowest BCUT2D eigenvalue weighted by molar-refractivity contribution is -0.141. The van der Waals surface area contributed by atoms with Gasteiger partial charge >= 0.3 is 5.97 Å². The number of carbonyl (C=O) groups is 2. The smallest absolute Gasteiger partial charge is 0.338 e. The van der Waals surface area contributed by atoms with Gasteiger partial charge in [0, 0.05) is 0 Å². The first-order chi connectivity index (χ1) is 16.9. The molecule has 2 aliphatic heterocycles. The summed E-state index contributed by atoms with van der Waals surface area (Å²) in [7, 11) is 4.57. The molecule has 0 bridgehead atoms. The van der Waals surface area contributed by atoms with E-state index >= 15 is 0 Å². The van der Waals surface area contributed by atoms with Crippen molar-refractivity contribution < 1.29 is 28.5 Å². The van der Waals surface area contributed by atoms with Gasteiger partial charge in [-0.3, -0.25) is 9.69 Å². The Morgan fingerprint density at radius 1 is 1.06 bits per heavy atom. The normalized spacial score (nSPS) is 19.3. The van der Waals surface area contributed by atoms with E-state index in [-0.39, 0.29) is 17.8 Å². The van der Waals surface area contributed by atoms with Gasteiger partial charge in [-0.15, -0.1) is 0 Å². The molecular formula is C26H28N2O6S. The molecule has 35 heavy (non-hydrogen) atoms. The van der Waals surface area contributed by atoms with Crippen molar-refractivity contribution in [3.8, 4) is 17.2 Å². The number of ether oxygens (including phenoxy) is 4. The number of methoxy groups -OCH3 is 3. The summed E-state index contributed by atoms with van der Waals surface area (Å²) in [5, 5.41) is 0.295. The van der Waals surface area contributed by atoms with E-state index in [1.807, 2.05) is 37.3 Å². The van der Waals surface area contributed by atoms with Crippen molar-refractivity contribution in [1.29, 1.82) is 0 Å². The number of amides is 1. The molecule has 0 aromatic heterocycles. The van der Waals surface area contributed by atoms with Gasteiger partial charge in [0.1, 0.15) is 6.61 Å².